The molecule has 0 heterocycles. The number of benzene rings is 3. The van der Waals surface area contributed by atoms with E-state index >= 15 is 0 Å². The number of aryl methyl sites for hydroxylation is 1. The highest BCUT2D eigenvalue weighted by Gasteiger charge is 2.25. The largest absolute Gasteiger partial charge is 0.423 e. The summed E-state index contributed by atoms with van der Waals surface area (Å²) in [6, 6.07) is 16.3. The number of rotatable bonds is 8. The summed E-state index contributed by atoms with van der Waals surface area (Å²) in [6.07, 6.45) is 0. The van der Waals surface area contributed by atoms with Gasteiger partial charge in [-0.2, -0.15) is 4.31 Å². The van der Waals surface area contributed by atoms with Crippen molar-refractivity contribution in [2.24, 2.45) is 0 Å². The zero-order valence-electron chi connectivity index (χ0n) is 20.0. The van der Waals surface area contributed by atoms with Crippen molar-refractivity contribution >= 4 is 27.6 Å². The van der Waals surface area contributed by atoms with Gasteiger partial charge in [0.1, 0.15) is 11.6 Å². The standard InChI is InChI=1S/C26H27FN2O5S/c1-5-29(6-2)35(32,33)22-15-16-24(27)23(17-22)26(31)34-21-13-11-20(12-14-21)28(4)25(30)19-9-7-18(3)8-10-19/h7-17H,5-6H2,1-4H3. The Labute approximate surface area is 204 Å². The van der Waals surface area contributed by atoms with E-state index in [9.17, 15) is 22.4 Å². The number of carbonyl (C=O) groups excluding carboxylic acids is 2. The van der Waals surface area contributed by atoms with E-state index in [-0.39, 0.29) is 29.6 Å². The second-order valence-electron chi connectivity index (χ2n) is 7.84. The third kappa shape index (κ3) is 5.75. The number of esters is 1. The summed E-state index contributed by atoms with van der Waals surface area (Å²) in [6.45, 7) is 5.79. The number of nitrogens with zero attached hydrogens (tertiary/aromatic N) is 2. The minimum Gasteiger partial charge on any atom is -0.423 e. The monoisotopic (exact) mass is 498 g/mol. The Hall–Kier alpha value is -3.56. The Morgan fingerprint density at radius 2 is 1.51 bits per heavy atom. The molecule has 7 nitrogen and oxygen atoms in total. The zero-order chi connectivity index (χ0) is 25.8. The number of amides is 1. The molecule has 0 aliphatic heterocycles. The van der Waals surface area contributed by atoms with E-state index in [1.807, 2.05) is 19.1 Å². The molecule has 0 aliphatic rings. The molecule has 0 fully saturated rings. The molecule has 0 unspecified atom stereocenters. The Bertz CT molecular complexity index is 1320. The lowest BCUT2D eigenvalue weighted by Gasteiger charge is -2.19. The predicted molar refractivity (Wildman–Crippen MR) is 132 cm³/mol. The number of anilines is 1. The second kappa shape index (κ2) is 10.8. The fourth-order valence-corrected chi connectivity index (χ4v) is 4.93. The molecule has 9 heteroatoms. The summed E-state index contributed by atoms with van der Waals surface area (Å²) in [7, 11) is -2.25. The third-order valence-corrected chi connectivity index (χ3v) is 7.58. The zero-order valence-corrected chi connectivity index (χ0v) is 20.8. The molecule has 184 valence electrons. The molecule has 0 saturated carbocycles. The number of hydrogen-bond donors (Lipinski definition) is 0. The molecular formula is C26H27FN2O5S. The van der Waals surface area contributed by atoms with E-state index in [2.05, 4.69) is 0 Å². The summed E-state index contributed by atoms with van der Waals surface area (Å²) in [5, 5.41) is 0. The van der Waals surface area contributed by atoms with Gasteiger partial charge in [0.25, 0.3) is 5.91 Å². The van der Waals surface area contributed by atoms with Gasteiger partial charge in [-0.1, -0.05) is 31.5 Å². The molecule has 3 rings (SSSR count). The third-order valence-electron chi connectivity index (χ3n) is 5.54. The van der Waals surface area contributed by atoms with E-state index < -0.39 is 27.4 Å². The molecule has 3 aromatic carbocycles. The summed E-state index contributed by atoms with van der Waals surface area (Å²) < 4.78 is 46.3. The van der Waals surface area contributed by atoms with Crippen LogP contribution in [0.4, 0.5) is 10.1 Å². The van der Waals surface area contributed by atoms with Gasteiger partial charge in [0, 0.05) is 31.4 Å². The maximum absolute atomic E-state index is 14.4. The maximum atomic E-state index is 14.4. The molecule has 35 heavy (non-hydrogen) atoms. The average molecular weight is 499 g/mol. The first-order valence-electron chi connectivity index (χ1n) is 11.0. The van der Waals surface area contributed by atoms with Gasteiger partial charge in [-0.3, -0.25) is 4.79 Å². The number of halogens is 1. The fourth-order valence-electron chi connectivity index (χ4n) is 3.44. The van der Waals surface area contributed by atoms with Gasteiger partial charge in [0.2, 0.25) is 10.0 Å². The van der Waals surface area contributed by atoms with Gasteiger partial charge < -0.3 is 9.64 Å². The Balaban J connectivity index is 1.77. The van der Waals surface area contributed by atoms with Crippen LogP contribution in [0.25, 0.3) is 0 Å². The van der Waals surface area contributed by atoms with Crippen molar-refractivity contribution in [2.45, 2.75) is 25.7 Å². The van der Waals surface area contributed by atoms with Crippen molar-refractivity contribution in [1.29, 1.82) is 0 Å². The summed E-state index contributed by atoms with van der Waals surface area (Å²) in [5.74, 6) is -2.01. The van der Waals surface area contributed by atoms with Gasteiger partial charge in [-0.05, 0) is 61.5 Å². The van der Waals surface area contributed by atoms with Gasteiger partial charge >= 0.3 is 5.97 Å². The predicted octanol–water partition coefficient (Wildman–Crippen LogP) is 4.66. The van der Waals surface area contributed by atoms with E-state index in [1.165, 1.54) is 21.3 Å². The van der Waals surface area contributed by atoms with Gasteiger partial charge in [0.15, 0.2) is 0 Å². The van der Waals surface area contributed by atoms with Crippen LogP contribution in [0.3, 0.4) is 0 Å². The van der Waals surface area contributed by atoms with Crippen molar-refractivity contribution < 1.29 is 27.1 Å². The first-order chi connectivity index (χ1) is 16.6. The lowest BCUT2D eigenvalue weighted by atomic mass is 10.1. The minimum atomic E-state index is -3.87. The maximum Gasteiger partial charge on any atom is 0.346 e. The molecule has 0 spiro atoms. The van der Waals surface area contributed by atoms with Gasteiger partial charge in [0.05, 0.1) is 10.5 Å². The van der Waals surface area contributed by atoms with Crippen LogP contribution in [0, 0.1) is 12.7 Å². The number of carbonyl (C=O) groups is 2. The molecule has 3 aromatic rings. The Morgan fingerprint density at radius 3 is 2.09 bits per heavy atom. The molecule has 0 saturated heterocycles. The van der Waals surface area contributed by atoms with Gasteiger partial charge in [-0.15, -0.1) is 0 Å². The quantitative estimate of drug-likeness (QED) is 0.333. The van der Waals surface area contributed by atoms with Crippen LogP contribution in [0.2, 0.25) is 0 Å². The number of ether oxygens (including phenoxy) is 1. The lowest BCUT2D eigenvalue weighted by molar-refractivity contribution is 0.0729. The SMILES string of the molecule is CCN(CC)S(=O)(=O)c1ccc(F)c(C(=O)Oc2ccc(N(C)C(=O)c3ccc(C)cc3)cc2)c1. The summed E-state index contributed by atoms with van der Waals surface area (Å²) in [4.78, 5) is 26.6. The van der Waals surface area contributed by atoms with E-state index in [4.69, 9.17) is 4.74 Å². The summed E-state index contributed by atoms with van der Waals surface area (Å²) >= 11 is 0. The van der Waals surface area contributed by atoms with E-state index in [1.54, 1.807) is 45.2 Å². The van der Waals surface area contributed by atoms with Gasteiger partial charge in [-0.25, -0.2) is 17.6 Å². The van der Waals surface area contributed by atoms with Crippen molar-refractivity contribution in [3.05, 3.63) is 89.2 Å². The highest BCUT2D eigenvalue weighted by molar-refractivity contribution is 7.89. The topological polar surface area (TPSA) is 84.0 Å². The van der Waals surface area contributed by atoms with Crippen molar-refractivity contribution in [2.75, 3.05) is 25.0 Å². The van der Waals surface area contributed by atoms with Crippen LogP contribution in [0.5, 0.6) is 5.75 Å². The molecule has 0 N–H and O–H groups in total. The van der Waals surface area contributed by atoms with E-state index in [0.717, 1.165) is 23.8 Å². The Morgan fingerprint density at radius 1 is 0.914 bits per heavy atom. The van der Waals surface area contributed by atoms with Crippen LogP contribution < -0.4 is 9.64 Å². The molecule has 0 radical (unpaired) electrons. The first kappa shape index (κ1) is 26.1. The lowest BCUT2D eigenvalue weighted by Crippen LogP contribution is -2.30. The van der Waals surface area contributed by atoms with Crippen LogP contribution in [-0.2, 0) is 10.0 Å². The molecule has 0 aliphatic carbocycles. The van der Waals surface area contributed by atoms with Crippen LogP contribution in [0.15, 0.2) is 71.6 Å². The number of sulfonamides is 1. The normalized spacial score (nSPS) is 11.4. The highest BCUT2D eigenvalue weighted by Crippen LogP contribution is 2.23. The van der Waals surface area contributed by atoms with Crippen molar-refractivity contribution in [1.82, 2.24) is 4.31 Å². The van der Waals surface area contributed by atoms with E-state index in [0.29, 0.717) is 11.3 Å². The average Bonchev–Trinajstić information content (AvgIpc) is 2.84. The number of hydrogen-bond acceptors (Lipinski definition) is 5. The van der Waals surface area contributed by atoms with Crippen LogP contribution in [-0.4, -0.2) is 44.7 Å². The van der Waals surface area contributed by atoms with Crippen molar-refractivity contribution in [3.8, 4) is 5.75 Å². The molecular weight excluding hydrogens is 471 g/mol. The highest BCUT2D eigenvalue weighted by atomic mass is 32.2. The van der Waals surface area contributed by atoms with Crippen molar-refractivity contribution in [3.63, 3.8) is 0 Å². The second-order valence-corrected chi connectivity index (χ2v) is 9.78. The van der Waals surface area contributed by atoms with Crippen LogP contribution >= 0.6 is 0 Å². The minimum absolute atomic E-state index is 0.117. The smallest absolute Gasteiger partial charge is 0.346 e. The fraction of sp³-hybridized carbons (Fsp3) is 0.231. The summed E-state index contributed by atoms with van der Waals surface area (Å²) in [5.41, 5.74) is 1.65. The Kier molecular flexibility index (Phi) is 8.03. The molecule has 1 amide bonds. The first-order valence-corrected chi connectivity index (χ1v) is 12.5. The molecule has 0 aromatic heterocycles. The molecule has 0 atom stereocenters. The molecule has 0 bridgehead atoms. The van der Waals surface area contributed by atoms with Crippen LogP contribution in [0.1, 0.15) is 40.1 Å².